The minimum absolute atomic E-state index is 0.00149. The predicted octanol–water partition coefficient (Wildman–Crippen LogP) is 4.13. The smallest absolute Gasteiger partial charge is 0.252 e. The molecule has 0 N–H and O–H groups in total. The van der Waals surface area contributed by atoms with Gasteiger partial charge in [0.25, 0.3) is 5.56 Å². The molecule has 1 saturated heterocycles. The molecule has 0 bridgehead atoms. The fourth-order valence-corrected chi connectivity index (χ4v) is 4.92. The molecule has 0 unspecified atom stereocenters. The lowest BCUT2D eigenvalue weighted by Gasteiger charge is -2.48. The Balaban J connectivity index is 1.72. The number of hydrogen-bond acceptors (Lipinski definition) is 5. The van der Waals surface area contributed by atoms with Gasteiger partial charge >= 0.3 is 0 Å². The van der Waals surface area contributed by atoms with Crippen LogP contribution in [0, 0.1) is 23.0 Å². The van der Waals surface area contributed by atoms with Gasteiger partial charge in [0.2, 0.25) is 0 Å². The molecule has 6 nitrogen and oxygen atoms in total. The Bertz CT molecular complexity index is 1300. The quantitative estimate of drug-likeness (QED) is 0.597. The van der Waals surface area contributed by atoms with Crippen LogP contribution in [0.2, 0.25) is 0 Å². The van der Waals surface area contributed by atoms with Crippen LogP contribution >= 0.6 is 0 Å². The minimum Gasteiger partial charge on any atom is -0.364 e. The molecule has 33 heavy (non-hydrogen) atoms. The van der Waals surface area contributed by atoms with Crippen molar-refractivity contribution in [1.82, 2.24) is 14.5 Å². The first kappa shape index (κ1) is 22.9. The maximum atomic E-state index is 14.6. The molecule has 3 atom stereocenters. The summed E-state index contributed by atoms with van der Waals surface area (Å²) in [7, 11) is 1.69. The van der Waals surface area contributed by atoms with Crippen LogP contribution in [0.1, 0.15) is 44.5 Å². The van der Waals surface area contributed by atoms with Crippen LogP contribution < -0.4 is 10.5 Å². The van der Waals surface area contributed by atoms with Crippen molar-refractivity contribution >= 4 is 16.7 Å². The van der Waals surface area contributed by atoms with Crippen LogP contribution in [-0.4, -0.2) is 39.6 Å². The van der Waals surface area contributed by atoms with Crippen LogP contribution in [-0.2, 0) is 7.05 Å². The lowest BCUT2D eigenvalue weighted by molar-refractivity contribution is 0.105. The highest BCUT2D eigenvalue weighted by Gasteiger charge is 2.35. The number of benzene rings is 1. The van der Waals surface area contributed by atoms with E-state index in [2.05, 4.69) is 34.7 Å². The Morgan fingerprint density at radius 1 is 1.15 bits per heavy atom. The molecule has 0 saturated carbocycles. The number of piperazine rings is 1. The Labute approximate surface area is 191 Å². The van der Waals surface area contributed by atoms with Crippen molar-refractivity contribution < 1.29 is 8.78 Å². The lowest BCUT2D eigenvalue weighted by Crippen LogP contribution is -2.57. The number of hydrogen-bond donors (Lipinski definition) is 0. The highest BCUT2D eigenvalue weighted by Crippen LogP contribution is 2.34. The highest BCUT2D eigenvalue weighted by molar-refractivity contribution is 5.89. The number of fused-ring (bicyclic) bond motifs is 1. The zero-order chi connectivity index (χ0) is 23.9. The molecule has 1 aliphatic heterocycles. The van der Waals surface area contributed by atoms with Crippen molar-refractivity contribution in [2.75, 3.05) is 18.0 Å². The van der Waals surface area contributed by atoms with E-state index in [-0.39, 0.29) is 23.7 Å². The van der Waals surface area contributed by atoms with Gasteiger partial charge in [-0.2, -0.15) is 5.26 Å². The summed E-state index contributed by atoms with van der Waals surface area (Å²) in [6.45, 7) is 7.36. The van der Waals surface area contributed by atoms with E-state index in [0.29, 0.717) is 47.5 Å². The third kappa shape index (κ3) is 4.09. The SMILES string of the molecule is CC[C@H](c1ccc(F)cc1F)N1C[C@H](C)N(c2cc(=O)n(C)c3ccc(C#N)nc23)C[C@@H]1C. The Morgan fingerprint density at radius 2 is 1.91 bits per heavy atom. The number of anilines is 1. The van der Waals surface area contributed by atoms with Crippen molar-refractivity contribution in [2.24, 2.45) is 7.05 Å². The van der Waals surface area contributed by atoms with Gasteiger partial charge < -0.3 is 9.47 Å². The van der Waals surface area contributed by atoms with Crippen molar-refractivity contribution in [3.8, 4) is 6.07 Å². The molecule has 1 aliphatic rings. The first-order valence-corrected chi connectivity index (χ1v) is 11.1. The summed E-state index contributed by atoms with van der Waals surface area (Å²) < 4.78 is 29.6. The van der Waals surface area contributed by atoms with E-state index in [1.54, 1.807) is 25.2 Å². The zero-order valence-electron chi connectivity index (χ0n) is 19.2. The summed E-state index contributed by atoms with van der Waals surface area (Å²) in [5, 5.41) is 9.33. The zero-order valence-corrected chi connectivity index (χ0v) is 19.2. The third-order valence-electron chi connectivity index (χ3n) is 6.64. The molecule has 0 spiro atoms. The van der Waals surface area contributed by atoms with Gasteiger partial charge in [-0.15, -0.1) is 0 Å². The minimum atomic E-state index is -0.584. The van der Waals surface area contributed by atoms with Gasteiger partial charge in [-0.25, -0.2) is 13.8 Å². The Hall–Kier alpha value is -3.31. The number of nitrogens with zero attached hydrogens (tertiary/aromatic N) is 5. The van der Waals surface area contributed by atoms with E-state index in [1.807, 2.05) is 6.92 Å². The fraction of sp³-hybridized carbons (Fsp3) is 0.400. The van der Waals surface area contributed by atoms with Gasteiger partial charge in [0.05, 0.1) is 11.2 Å². The first-order valence-electron chi connectivity index (χ1n) is 11.1. The van der Waals surface area contributed by atoms with E-state index in [1.165, 1.54) is 16.7 Å². The summed E-state index contributed by atoms with van der Waals surface area (Å²) in [5.41, 5.74) is 2.61. The molecule has 0 amide bonds. The lowest BCUT2D eigenvalue weighted by atomic mass is 9.97. The number of halogens is 2. The molecule has 0 radical (unpaired) electrons. The maximum Gasteiger partial charge on any atom is 0.252 e. The molecule has 3 aromatic rings. The van der Waals surface area contributed by atoms with Crippen molar-refractivity contribution in [2.45, 2.75) is 45.3 Å². The predicted molar refractivity (Wildman–Crippen MR) is 124 cm³/mol. The molecule has 172 valence electrons. The average Bonchev–Trinajstić information content (AvgIpc) is 2.79. The van der Waals surface area contributed by atoms with Gasteiger partial charge in [-0.05, 0) is 38.5 Å². The summed E-state index contributed by atoms with van der Waals surface area (Å²) in [5.74, 6) is -1.12. The number of rotatable bonds is 4. The largest absolute Gasteiger partial charge is 0.364 e. The van der Waals surface area contributed by atoms with Crippen LogP contribution in [0.25, 0.3) is 11.0 Å². The summed E-state index contributed by atoms with van der Waals surface area (Å²) in [6.07, 6.45) is 0.682. The number of pyridine rings is 2. The molecule has 2 aromatic heterocycles. The molecule has 3 heterocycles. The van der Waals surface area contributed by atoms with Gasteiger partial charge in [0.1, 0.15) is 28.9 Å². The number of aromatic nitrogens is 2. The molecular weight excluding hydrogens is 424 g/mol. The van der Waals surface area contributed by atoms with Crippen LogP contribution in [0.4, 0.5) is 14.5 Å². The average molecular weight is 452 g/mol. The summed E-state index contributed by atoms with van der Waals surface area (Å²) in [6, 6.07) is 10.6. The number of nitriles is 1. The molecule has 1 fully saturated rings. The number of aryl methyl sites for hydroxylation is 1. The molecule has 1 aromatic carbocycles. The second-order valence-electron chi connectivity index (χ2n) is 8.74. The van der Waals surface area contributed by atoms with E-state index in [9.17, 15) is 18.8 Å². The fourth-order valence-electron chi connectivity index (χ4n) is 4.92. The van der Waals surface area contributed by atoms with Crippen LogP contribution in [0.3, 0.4) is 0 Å². The van der Waals surface area contributed by atoms with Crippen molar-refractivity contribution in [3.63, 3.8) is 0 Å². The topological polar surface area (TPSA) is 65.2 Å². The van der Waals surface area contributed by atoms with Crippen molar-refractivity contribution in [3.05, 3.63) is 69.6 Å². The van der Waals surface area contributed by atoms with Gasteiger partial charge in [0.15, 0.2) is 0 Å². The molecule has 8 heteroatoms. The second-order valence-corrected chi connectivity index (χ2v) is 8.74. The second kappa shape index (κ2) is 8.91. The van der Waals surface area contributed by atoms with Crippen LogP contribution in [0.15, 0.2) is 41.2 Å². The Morgan fingerprint density at radius 3 is 2.58 bits per heavy atom. The monoisotopic (exact) mass is 451 g/mol. The van der Waals surface area contributed by atoms with Gasteiger partial charge in [-0.3, -0.25) is 9.69 Å². The van der Waals surface area contributed by atoms with Crippen LogP contribution in [0.5, 0.6) is 0 Å². The van der Waals surface area contributed by atoms with E-state index in [0.717, 1.165) is 6.07 Å². The Kier molecular flexibility index (Phi) is 6.17. The maximum absolute atomic E-state index is 14.6. The molecular formula is C25H27F2N5O. The summed E-state index contributed by atoms with van der Waals surface area (Å²) in [4.78, 5) is 21.6. The van der Waals surface area contributed by atoms with E-state index >= 15 is 0 Å². The molecule has 4 rings (SSSR count). The third-order valence-corrected chi connectivity index (χ3v) is 6.64. The van der Waals surface area contributed by atoms with E-state index in [4.69, 9.17) is 0 Å². The molecule has 0 aliphatic carbocycles. The van der Waals surface area contributed by atoms with Gasteiger partial charge in [-0.1, -0.05) is 13.0 Å². The van der Waals surface area contributed by atoms with Gasteiger partial charge in [0, 0.05) is 56.0 Å². The first-order chi connectivity index (χ1) is 15.7. The van der Waals surface area contributed by atoms with Crippen molar-refractivity contribution in [1.29, 1.82) is 5.26 Å². The normalized spacial score (nSPS) is 20.1. The highest BCUT2D eigenvalue weighted by atomic mass is 19.1. The van der Waals surface area contributed by atoms with E-state index < -0.39 is 11.6 Å². The standard InChI is InChI=1S/C25H27F2N5O/c1-5-21(19-8-6-17(26)10-20(19)27)31-13-16(3)32(14-15(31)2)23-11-24(33)30(4)22-9-7-18(12-28)29-25(22)23/h6-11,15-16,21H,5,13-14H2,1-4H3/t15-,16-,21+/m0/s1. The summed E-state index contributed by atoms with van der Waals surface area (Å²) >= 11 is 0.